The molecule has 2 aromatic heterocycles. The largest absolute Gasteiger partial charge is 0.326 e. The van der Waals surface area contributed by atoms with Crippen LogP contribution in [0.2, 0.25) is 0 Å². The Balaban J connectivity index is 1.56. The third kappa shape index (κ3) is 4.46. The van der Waals surface area contributed by atoms with Crippen LogP contribution in [0.4, 0.5) is 5.69 Å². The molecule has 0 bridgehead atoms. The molecule has 1 N–H and O–H groups in total. The van der Waals surface area contributed by atoms with E-state index in [1.165, 1.54) is 0 Å². The first-order valence-electron chi connectivity index (χ1n) is 7.11. The molecule has 0 fully saturated rings. The second-order valence-electron chi connectivity index (χ2n) is 4.94. The first-order valence-corrected chi connectivity index (χ1v) is 8.78. The molecule has 1 aromatic carbocycles. The lowest BCUT2D eigenvalue weighted by Crippen LogP contribution is -2.12. The maximum Gasteiger partial charge on any atom is 0.224 e. The molecule has 0 spiro atoms. The fourth-order valence-electron chi connectivity index (χ4n) is 2.07. The number of aromatic nitrogens is 2. The minimum Gasteiger partial charge on any atom is -0.326 e. The van der Waals surface area contributed by atoms with Gasteiger partial charge in [-0.1, -0.05) is 22.0 Å². The number of nitrogens with one attached hydrogen (secondary N) is 1. The van der Waals surface area contributed by atoms with Crippen molar-refractivity contribution in [1.29, 1.82) is 0 Å². The van der Waals surface area contributed by atoms with Gasteiger partial charge in [-0.05, 0) is 36.8 Å². The topological polar surface area (TPSA) is 54.9 Å². The predicted molar refractivity (Wildman–Crippen MR) is 96.4 cm³/mol. The Kier molecular flexibility index (Phi) is 5.15. The lowest BCUT2D eigenvalue weighted by Gasteiger charge is -2.04. The van der Waals surface area contributed by atoms with Crippen LogP contribution >= 0.6 is 27.3 Å². The maximum absolute atomic E-state index is 12.0. The summed E-state index contributed by atoms with van der Waals surface area (Å²) in [7, 11) is 0. The van der Waals surface area contributed by atoms with Gasteiger partial charge in [0.1, 0.15) is 5.01 Å². The van der Waals surface area contributed by atoms with Crippen molar-refractivity contribution >= 4 is 38.9 Å². The molecule has 1 amide bonds. The molecule has 3 aromatic rings. The van der Waals surface area contributed by atoms with Gasteiger partial charge in [0.15, 0.2) is 0 Å². The standard InChI is InChI=1S/C17H14BrN3OS/c18-13-4-1-5-14(9-13)20-16(22)7-6-15-11-23-17(21-15)12-3-2-8-19-10-12/h1-5,8-11H,6-7H2,(H,20,22). The number of pyridine rings is 1. The van der Waals surface area contributed by atoms with E-state index in [1.54, 1.807) is 23.7 Å². The summed E-state index contributed by atoms with van der Waals surface area (Å²) in [5, 5.41) is 5.81. The normalized spacial score (nSPS) is 10.5. The van der Waals surface area contributed by atoms with Crippen molar-refractivity contribution in [2.75, 3.05) is 5.32 Å². The van der Waals surface area contributed by atoms with Crippen LogP contribution in [0.25, 0.3) is 10.6 Å². The number of rotatable bonds is 5. The molecule has 23 heavy (non-hydrogen) atoms. The second-order valence-corrected chi connectivity index (χ2v) is 6.72. The summed E-state index contributed by atoms with van der Waals surface area (Å²) < 4.78 is 0.941. The zero-order chi connectivity index (χ0) is 16.1. The molecule has 0 aliphatic heterocycles. The van der Waals surface area contributed by atoms with E-state index < -0.39 is 0 Å². The third-order valence-corrected chi connectivity index (χ3v) is 4.61. The molecule has 3 rings (SSSR count). The molecule has 0 radical (unpaired) electrons. The SMILES string of the molecule is O=C(CCc1csc(-c2cccnc2)n1)Nc1cccc(Br)c1. The Bertz CT molecular complexity index is 804. The first-order chi connectivity index (χ1) is 11.2. The number of hydrogen-bond acceptors (Lipinski definition) is 4. The Morgan fingerprint density at radius 2 is 2.17 bits per heavy atom. The van der Waals surface area contributed by atoms with E-state index >= 15 is 0 Å². The molecule has 6 heteroatoms. The first kappa shape index (κ1) is 15.8. The van der Waals surface area contributed by atoms with Crippen molar-refractivity contribution in [2.45, 2.75) is 12.8 Å². The van der Waals surface area contributed by atoms with Gasteiger partial charge >= 0.3 is 0 Å². The predicted octanol–water partition coefficient (Wildman–Crippen LogP) is 4.54. The summed E-state index contributed by atoms with van der Waals surface area (Å²) >= 11 is 4.96. The van der Waals surface area contributed by atoms with Gasteiger partial charge in [-0.3, -0.25) is 9.78 Å². The number of halogens is 1. The Labute approximate surface area is 146 Å². The molecule has 0 saturated heterocycles. The Morgan fingerprint density at radius 1 is 1.26 bits per heavy atom. The molecular formula is C17H14BrN3OS. The van der Waals surface area contributed by atoms with Gasteiger partial charge < -0.3 is 5.32 Å². The van der Waals surface area contributed by atoms with Crippen molar-refractivity contribution in [2.24, 2.45) is 0 Å². The number of carbonyl (C=O) groups excluding carboxylic acids is 1. The molecular weight excluding hydrogens is 374 g/mol. The average molecular weight is 388 g/mol. The van der Waals surface area contributed by atoms with Crippen molar-refractivity contribution in [1.82, 2.24) is 9.97 Å². The van der Waals surface area contributed by atoms with E-state index in [1.807, 2.05) is 41.8 Å². The average Bonchev–Trinajstić information content (AvgIpc) is 3.03. The highest BCUT2D eigenvalue weighted by molar-refractivity contribution is 9.10. The van der Waals surface area contributed by atoms with Crippen LogP contribution in [0.15, 0.2) is 58.6 Å². The van der Waals surface area contributed by atoms with Gasteiger partial charge in [0.2, 0.25) is 5.91 Å². The van der Waals surface area contributed by atoms with Gasteiger partial charge in [0, 0.05) is 39.9 Å². The molecule has 116 valence electrons. The zero-order valence-corrected chi connectivity index (χ0v) is 14.6. The van der Waals surface area contributed by atoms with Crippen molar-refractivity contribution < 1.29 is 4.79 Å². The van der Waals surface area contributed by atoms with E-state index in [0.29, 0.717) is 12.8 Å². The van der Waals surface area contributed by atoms with Crippen molar-refractivity contribution in [3.05, 3.63) is 64.3 Å². The van der Waals surface area contributed by atoms with Crippen LogP contribution in [0.5, 0.6) is 0 Å². The quantitative estimate of drug-likeness (QED) is 0.698. The zero-order valence-electron chi connectivity index (χ0n) is 12.2. The monoisotopic (exact) mass is 387 g/mol. The Hall–Kier alpha value is -2.05. The molecule has 0 unspecified atom stereocenters. The fourth-order valence-corrected chi connectivity index (χ4v) is 3.32. The van der Waals surface area contributed by atoms with Gasteiger partial charge in [-0.25, -0.2) is 4.98 Å². The molecule has 0 aliphatic rings. The number of thiazole rings is 1. The summed E-state index contributed by atoms with van der Waals surface area (Å²) in [6.07, 6.45) is 4.56. The summed E-state index contributed by atoms with van der Waals surface area (Å²) in [6, 6.07) is 11.4. The molecule has 0 atom stereocenters. The highest BCUT2D eigenvalue weighted by Crippen LogP contribution is 2.23. The van der Waals surface area contributed by atoms with Crippen LogP contribution in [0.1, 0.15) is 12.1 Å². The van der Waals surface area contributed by atoms with Crippen LogP contribution < -0.4 is 5.32 Å². The van der Waals surface area contributed by atoms with Crippen LogP contribution in [0.3, 0.4) is 0 Å². The lowest BCUT2D eigenvalue weighted by molar-refractivity contribution is -0.116. The lowest BCUT2D eigenvalue weighted by atomic mass is 10.2. The number of carbonyl (C=O) groups is 1. The van der Waals surface area contributed by atoms with Gasteiger partial charge in [0.05, 0.1) is 5.69 Å². The van der Waals surface area contributed by atoms with Gasteiger partial charge in [0.25, 0.3) is 0 Å². The van der Waals surface area contributed by atoms with Crippen LogP contribution in [-0.2, 0) is 11.2 Å². The minimum atomic E-state index is -0.0148. The van der Waals surface area contributed by atoms with Crippen molar-refractivity contribution in [3.8, 4) is 10.6 Å². The number of nitrogens with zero attached hydrogens (tertiary/aromatic N) is 2. The van der Waals surface area contributed by atoms with E-state index in [2.05, 4.69) is 31.2 Å². The summed E-state index contributed by atoms with van der Waals surface area (Å²) in [5.41, 5.74) is 2.72. The van der Waals surface area contributed by atoms with Crippen molar-refractivity contribution in [3.63, 3.8) is 0 Å². The summed E-state index contributed by atoms with van der Waals surface area (Å²) in [4.78, 5) is 20.7. The molecule has 2 heterocycles. The number of anilines is 1. The fraction of sp³-hybridized carbons (Fsp3) is 0.118. The number of aryl methyl sites for hydroxylation is 1. The van der Waals surface area contributed by atoms with E-state index in [-0.39, 0.29) is 5.91 Å². The van der Waals surface area contributed by atoms with Crippen LogP contribution in [-0.4, -0.2) is 15.9 Å². The highest BCUT2D eigenvalue weighted by atomic mass is 79.9. The highest BCUT2D eigenvalue weighted by Gasteiger charge is 2.08. The molecule has 4 nitrogen and oxygen atoms in total. The van der Waals surface area contributed by atoms with E-state index in [9.17, 15) is 4.79 Å². The maximum atomic E-state index is 12.0. The van der Waals surface area contributed by atoms with Gasteiger partial charge in [-0.2, -0.15) is 0 Å². The van der Waals surface area contributed by atoms with E-state index in [0.717, 1.165) is 26.4 Å². The Morgan fingerprint density at radius 3 is 2.96 bits per heavy atom. The van der Waals surface area contributed by atoms with Crippen LogP contribution in [0, 0.1) is 0 Å². The number of hydrogen-bond donors (Lipinski definition) is 1. The minimum absolute atomic E-state index is 0.0148. The molecule has 0 saturated carbocycles. The molecule has 0 aliphatic carbocycles. The number of amides is 1. The third-order valence-electron chi connectivity index (χ3n) is 3.18. The summed E-state index contributed by atoms with van der Waals surface area (Å²) in [6.45, 7) is 0. The van der Waals surface area contributed by atoms with Gasteiger partial charge in [-0.15, -0.1) is 11.3 Å². The number of benzene rings is 1. The summed E-state index contributed by atoms with van der Waals surface area (Å²) in [5.74, 6) is -0.0148. The van der Waals surface area contributed by atoms with E-state index in [4.69, 9.17) is 0 Å². The second kappa shape index (κ2) is 7.48. The smallest absolute Gasteiger partial charge is 0.224 e.